The van der Waals surface area contributed by atoms with Crippen molar-refractivity contribution in [3.63, 3.8) is 0 Å². The van der Waals surface area contributed by atoms with E-state index in [1.807, 2.05) is 13.8 Å². The van der Waals surface area contributed by atoms with E-state index in [4.69, 9.17) is 14.3 Å². The van der Waals surface area contributed by atoms with Gasteiger partial charge in [0.1, 0.15) is 43.1 Å². The molecule has 0 aliphatic carbocycles. The lowest BCUT2D eigenvalue weighted by atomic mass is 10.0. The van der Waals surface area contributed by atoms with Crippen molar-refractivity contribution in [2.24, 2.45) is 5.16 Å². The molecule has 17 heteroatoms. The van der Waals surface area contributed by atoms with Gasteiger partial charge < -0.3 is 29.8 Å². The second-order valence-electron chi connectivity index (χ2n) is 8.60. The van der Waals surface area contributed by atoms with Crippen LogP contribution in [0.2, 0.25) is 0 Å². The fourth-order valence-electron chi connectivity index (χ4n) is 3.94. The Labute approximate surface area is 251 Å². The minimum Gasteiger partial charge on any atom is -0.461 e. The molecule has 0 spiro atoms. The third kappa shape index (κ3) is 8.40. The molecule has 14 nitrogen and oxygen atoms in total. The number of hydrogen-bond donors (Lipinski definition) is 2. The Morgan fingerprint density at radius 2 is 1.90 bits per heavy atom. The summed E-state index contributed by atoms with van der Waals surface area (Å²) in [5.41, 5.74) is 0.417. The maximum atomic E-state index is 13.3. The van der Waals surface area contributed by atoms with Gasteiger partial charge in [-0.05, 0) is 13.1 Å². The minimum atomic E-state index is -0.971. The molecule has 2 aliphatic heterocycles. The van der Waals surface area contributed by atoms with Crippen LogP contribution in [0.3, 0.4) is 0 Å². The first-order valence-corrected chi connectivity index (χ1v) is 14.4. The average molecular weight is 633 g/mol. The lowest BCUT2D eigenvalue weighted by Gasteiger charge is -2.49. The van der Waals surface area contributed by atoms with Crippen LogP contribution in [-0.4, -0.2) is 107 Å². The largest absolute Gasteiger partial charge is 0.461 e. The van der Waals surface area contributed by atoms with E-state index in [0.717, 1.165) is 24.4 Å². The van der Waals surface area contributed by atoms with Gasteiger partial charge in [-0.2, -0.15) is 0 Å². The second-order valence-corrected chi connectivity index (χ2v) is 10.6. The average Bonchev–Trinajstić information content (AvgIpc) is 3.37. The highest BCUT2D eigenvalue weighted by molar-refractivity contribution is 8.00. The SMILES string of the molecule is CCN(CC)CCOC(=O)C1=C(COC(C)=O)CSC2C(NC(=O)C(=NOC)c3csc(NC(C)=O)n3)C(=O)N12.Cl. The molecule has 0 saturated carbocycles. The van der Waals surface area contributed by atoms with Crippen LogP contribution >= 0.6 is 35.5 Å². The molecule has 0 aromatic carbocycles. The van der Waals surface area contributed by atoms with Crippen LogP contribution in [-0.2, 0) is 38.3 Å². The molecular weight excluding hydrogens is 600 g/mol. The van der Waals surface area contributed by atoms with Gasteiger partial charge in [0.2, 0.25) is 5.91 Å². The first-order chi connectivity index (χ1) is 19.1. The molecule has 0 radical (unpaired) electrons. The number of hydrogen-bond acceptors (Lipinski definition) is 13. The van der Waals surface area contributed by atoms with E-state index in [9.17, 15) is 24.0 Å². The molecule has 2 unspecified atom stereocenters. The van der Waals surface area contributed by atoms with E-state index in [2.05, 4.69) is 25.7 Å². The zero-order valence-corrected chi connectivity index (χ0v) is 25.7. The van der Waals surface area contributed by atoms with Crippen LogP contribution < -0.4 is 10.6 Å². The summed E-state index contributed by atoms with van der Waals surface area (Å²) in [6.45, 7) is 8.65. The number of rotatable bonds is 13. The van der Waals surface area contributed by atoms with Crippen molar-refractivity contribution < 1.29 is 38.3 Å². The summed E-state index contributed by atoms with van der Waals surface area (Å²) in [6.07, 6.45) is 0. The second kappa shape index (κ2) is 15.7. The summed E-state index contributed by atoms with van der Waals surface area (Å²) < 4.78 is 10.6. The van der Waals surface area contributed by atoms with E-state index in [-0.39, 0.29) is 59.5 Å². The number of aromatic nitrogens is 1. The van der Waals surface area contributed by atoms with Gasteiger partial charge >= 0.3 is 11.9 Å². The highest BCUT2D eigenvalue weighted by Crippen LogP contribution is 2.40. The summed E-state index contributed by atoms with van der Waals surface area (Å²) in [6, 6.07) is -0.971. The molecule has 226 valence electrons. The van der Waals surface area contributed by atoms with Gasteiger partial charge in [0, 0.05) is 37.1 Å². The summed E-state index contributed by atoms with van der Waals surface area (Å²) in [7, 11) is 1.26. The summed E-state index contributed by atoms with van der Waals surface area (Å²) >= 11 is 2.40. The predicted octanol–water partition coefficient (Wildman–Crippen LogP) is 0.976. The number of carbonyl (C=O) groups is 5. The minimum absolute atomic E-state index is 0. The summed E-state index contributed by atoms with van der Waals surface area (Å²) in [5, 5.41) is 10.1. The number of β-lactam (4-membered cyclic amide) rings is 1. The number of nitrogens with one attached hydrogen (secondary N) is 2. The first-order valence-electron chi connectivity index (χ1n) is 12.5. The first kappa shape index (κ1) is 34.0. The molecule has 1 aromatic heterocycles. The van der Waals surface area contributed by atoms with Crippen LogP contribution in [0, 0.1) is 0 Å². The number of esters is 2. The van der Waals surface area contributed by atoms with Gasteiger partial charge in [0.05, 0.1) is 0 Å². The van der Waals surface area contributed by atoms with Crippen molar-refractivity contribution >= 4 is 76.0 Å². The zero-order valence-electron chi connectivity index (χ0n) is 23.3. The number of thioether (sulfide) groups is 1. The number of likely N-dealkylation sites (N-methyl/N-ethyl adjacent to an activating group) is 1. The third-order valence-corrected chi connectivity index (χ3v) is 8.04. The van der Waals surface area contributed by atoms with Crippen molar-refractivity contribution in [3.8, 4) is 0 Å². The van der Waals surface area contributed by atoms with Gasteiger partial charge in [-0.15, -0.1) is 35.5 Å². The van der Waals surface area contributed by atoms with E-state index in [1.54, 1.807) is 0 Å². The van der Waals surface area contributed by atoms with Crippen molar-refractivity contribution in [2.75, 3.05) is 51.0 Å². The topological polar surface area (TPSA) is 169 Å². The number of oxime groups is 1. The zero-order chi connectivity index (χ0) is 29.4. The standard InChI is InChI=1S/C24H32N6O8S2.ClH/c1-6-29(7-2)8-9-37-23(35)19-15(10-38-14(4)32)11-39-22-18(21(34)30(19)22)27-20(33)17(28-36-5)16-12-40-24(26-16)25-13(3)31;/h12,18,22H,6-11H2,1-5H3,(H,27,33)(H,25,26,31);1H. The highest BCUT2D eigenvalue weighted by Gasteiger charge is 2.54. The van der Waals surface area contributed by atoms with Crippen molar-refractivity contribution in [3.05, 3.63) is 22.3 Å². The van der Waals surface area contributed by atoms with E-state index < -0.39 is 35.2 Å². The molecule has 41 heavy (non-hydrogen) atoms. The number of anilines is 1. The maximum Gasteiger partial charge on any atom is 0.355 e. The number of carbonyl (C=O) groups excluding carboxylic acids is 5. The fraction of sp³-hybridized carbons (Fsp3) is 0.542. The van der Waals surface area contributed by atoms with Crippen LogP contribution in [0.4, 0.5) is 5.13 Å². The lowest BCUT2D eigenvalue weighted by molar-refractivity contribution is -0.153. The molecular formula is C24H33ClN6O8S2. The number of nitrogens with zero attached hydrogens (tertiary/aromatic N) is 4. The van der Waals surface area contributed by atoms with Crippen LogP contribution in [0.25, 0.3) is 0 Å². The number of amides is 3. The molecule has 2 aliphatic rings. The van der Waals surface area contributed by atoms with Gasteiger partial charge in [-0.1, -0.05) is 19.0 Å². The number of thiazole rings is 1. The molecule has 1 saturated heterocycles. The Balaban J connectivity index is 0.00000588. The van der Waals surface area contributed by atoms with Gasteiger partial charge in [-0.3, -0.25) is 24.1 Å². The molecule has 3 heterocycles. The molecule has 2 N–H and O–H groups in total. The molecule has 0 bridgehead atoms. The normalized spacial score (nSPS) is 18.1. The lowest BCUT2D eigenvalue weighted by Crippen LogP contribution is -2.71. The molecule has 1 aromatic rings. The Kier molecular flexibility index (Phi) is 13.0. The van der Waals surface area contributed by atoms with E-state index >= 15 is 0 Å². The Morgan fingerprint density at radius 1 is 1.20 bits per heavy atom. The Morgan fingerprint density at radius 3 is 2.51 bits per heavy atom. The maximum absolute atomic E-state index is 13.3. The quantitative estimate of drug-likeness (QED) is 0.138. The molecule has 3 amide bonds. The van der Waals surface area contributed by atoms with Crippen molar-refractivity contribution in [1.82, 2.24) is 20.1 Å². The van der Waals surface area contributed by atoms with Crippen LogP contribution in [0.1, 0.15) is 33.4 Å². The molecule has 2 atom stereocenters. The predicted molar refractivity (Wildman–Crippen MR) is 155 cm³/mol. The molecule has 1 fully saturated rings. The number of fused-ring (bicyclic) bond motifs is 1. The number of ether oxygens (including phenoxy) is 2. The summed E-state index contributed by atoms with van der Waals surface area (Å²) in [4.78, 5) is 74.6. The fourth-order valence-corrected chi connectivity index (χ4v) is 6.01. The highest BCUT2D eigenvalue weighted by atomic mass is 35.5. The number of halogens is 1. The van der Waals surface area contributed by atoms with Gasteiger partial charge in [-0.25, -0.2) is 9.78 Å². The van der Waals surface area contributed by atoms with Crippen molar-refractivity contribution in [1.29, 1.82) is 0 Å². The van der Waals surface area contributed by atoms with Gasteiger partial charge in [0.15, 0.2) is 10.8 Å². The van der Waals surface area contributed by atoms with E-state index in [0.29, 0.717) is 12.1 Å². The summed E-state index contributed by atoms with van der Waals surface area (Å²) in [5.74, 6) is -2.53. The van der Waals surface area contributed by atoms with Crippen molar-refractivity contribution in [2.45, 2.75) is 39.1 Å². The van der Waals surface area contributed by atoms with E-state index in [1.165, 1.54) is 43.0 Å². The Hall–Kier alpha value is -3.21. The molecule has 3 rings (SSSR count). The van der Waals surface area contributed by atoms with Crippen LogP contribution in [0.5, 0.6) is 0 Å². The van der Waals surface area contributed by atoms with Crippen LogP contribution in [0.15, 0.2) is 21.8 Å². The Bertz CT molecular complexity index is 1220. The monoisotopic (exact) mass is 632 g/mol. The third-order valence-electron chi connectivity index (χ3n) is 5.94. The van der Waals surface area contributed by atoms with Gasteiger partial charge in [0.25, 0.3) is 11.8 Å². The smallest absolute Gasteiger partial charge is 0.355 e.